The van der Waals surface area contributed by atoms with Gasteiger partial charge in [0.25, 0.3) is 0 Å². The molecule has 6 heteroatoms. The fraction of sp³-hybridized carbons (Fsp3) is 0.250. The summed E-state index contributed by atoms with van der Waals surface area (Å²) >= 11 is 0. The van der Waals surface area contributed by atoms with Crippen molar-refractivity contribution in [3.63, 3.8) is 0 Å². The van der Waals surface area contributed by atoms with Crippen LogP contribution in [0.4, 0.5) is 11.6 Å². The fourth-order valence-corrected chi connectivity index (χ4v) is 1.10. The maximum atomic E-state index is 3.90. The van der Waals surface area contributed by atoms with Crippen LogP contribution in [0.25, 0.3) is 0 Å². The Morgan fingerprint density at radius 3 is 1.79 bits per heavy atom. The van der Waals surface area contributed by atoms with Crippen LogP contribution in [0.3, 0.4) is 0 Å². The summed E-state index contributed by atoms with van der Waals surface area (Å²) < 4.78 is 0. The monoisotopic (exact) mass is 192 g/mol. The highest BCUT2D eigenvalue weighted by Crippen LogP contribution is 1.98. The molecule has 2 aromatic rings. The van der Waals surface area contributed by atoms with E-state index in [2.05, 4.69) is 30.6 Å². The number of aromatic nitrogens is 4. The topological polar surface area (TPSA) is 81.4 Å². The normalized spacial score (nSPS) is 10.0. The first-order valence-electron chi connectivity index (χ1n) is 4.39. The Morgan fingerprint density at radius 1 is 0.929 bits per heavy atom. The van der Waals surface area contributed by atoms with E-state index >= 15 is 0 Å². The average molecular weight is 192 g/mol. The predicted octanol–water partition coefficient (Wildman–Crippen LogP) is 0.657. The number of anilines is 2. The molecule has 0 saturated heterocycles. The third-order valence-electron chi connectivity index (χ3n) is 1.75. The second-order valence-corrected chi connectivity index (χ2v) is 2.78. The minimum Gasteiger partial charge on any atom is -0.369 e. The van der Waals surface area contributed by atoms with Crippen LogP contribution in [-0.2, 0) is 0 Å². The Kier molecular flexibility index (Phi) is 2.65. The van der Waals surface area contributed by atoms with Gasteiger partial charge in [-0.25, -0.2) is 9.97 Å². The van der Waals surface area contributed by atoms with E-state index in [-0.39, 0.29) is 0 Å². The lowest BCUT2D eigenvalue weighted by atomic mass is 10.5. The molecule has 0 aliphatic rings. The quantitative estimate of drug-likeness (QED) is 0.524. The molecule has 2 heterocycles. The molecule has 0 bridgehead atoms. The summed E-state index contributed by atoms with van der Waals surface area (Å²) in [5, 5.41) is 6.34. The van der Waals surface area contributed by atoms with Crippen molar-refractivity contribution < 1.29 is 0 Å². The van der Waals surface area contributed by atoms with Crippen molar-refractivity contribution in [2.24, 2.45) is 0 Å². The number of rotatable bonds is 5. The maximum Gasteiger partial charge on any atom is 0.123 e. The van der Waals surface area contributed by atoms with Crippen LogP contribution in [0.2, 0.25) is 0 Å². The third kappa shape index (κ3) is 2.25. The van der Waals surface area contributed by atoms with Gasteiger partial charge in [0.05, 0.1) is 25.0 Å². The summed E-state index contributed by atoms with van der Waals surface area (Å²) in [5.41, 5.74) is 0. The van der Waals surface area contributed by atoms with Gasteiger partial charge in [-0.3, -0.25) is 0 Å². The summed E-state index contributed by atoms with van der Waals surface area (Å²) in [6.45, 7) is 1.64. The Balaban J connectivity index is 1.65. The molecular formula is C8H12N6. The molecule has 14 heavy (non-hydrogen) atoms. The highest BCUT2D eigenvalue weighted by Gasteiger charge is 1.92. The molecule has 0 atom stereocenters. The van der Waals surface area contributed by atoms with Crippen molar-refractivity contribution in [1.82, 2.24) is 19.9 Å². The highest BCUT2D eigenvalue weighted by atomic mass is 15.1. The van der Waals surface area contributed by atoms with Crippen LogP contribution in [-0.4, -0.2) is 33.0 Å². The number of hydrogen-bond acceptors (Lipinski definition) is 4. The van der Waals surface area contributed by atoms with E-state index in [1.54, 1.807) is 25.0 Å². The molecule has 0 radical (unpaired) electrons. The summed E-state index contributed by atoms with van der Waals surface area (Å²) in [6.07, 6.45) is 6.78. The lowest BCUT2D eigenvalue weighted by molar-refractivity contribution is 1.06. The lowest BCUT2D eigenvalue weighted by Crippen LogP contribution is -2.13. The molecule has 74 valence electrons. The molecule has 6 nitrogen and oxygen atoms in total. The van der Waals surface area contributed by atoms with Crippen molar-refractivity contribution in [3.8, 4) is 0 Å². The van der Waals surface area contributed by atoms with E-state index in [0.29, 0.717) is 0 Å². The highest BCUT2D eigenvalue weighted by molar-refractivity contribution is 5.33. The van der Waals surface area contributed by atoms with Gasteiger partial charge in [0.1, 0.15) is 11.6 Å². The smallest absolute Gasteiger partial charge is 0.123 e. The van der Waals surface area contributed by atoms with Crippen molar-refractivity contribution in [2.75, 3.05) is 23.7 Å². The van der Waals surface area contributed by atoms with Gasteiger partial charge in [0.15, 0.2) is 0 Å². The number of nitrogens with zero attached hydrogens (tertiary/aromatic N) is 2. The molecule has 0 aliphatic heterocycles. The predicted molar refractivity (Wildman–Crippen MR) is 54.2 cm³/mol. The molecule has 0 unspecified atom stereocenters. The molecule has 0 saturated carbocycles. The first kappa shape index (κ1) is 8.61. The van der Waals surface area contributed by atoms with Crippen LogP contribution in [0.1, 0.15) is 0 Å². The summed E-state index contributed by atoms with van der Waals surface area (Å²) in [7, 11) is 0. The van der Waals surface area contributed by atoms with Crippen molar-refractivity contribution in [2.45, 2.75) is 0 Å². The zero-order valence-corrected chi connectivity index (χ0v) is 7.62. The lowest BCUT2D eigenvalue weighted by Gasteiger charge is -2.04. The van der Waals surface area contributed by atoms with Crippen LogP contribution in [0.5, 0.6) is 0 Å². The Morgan fingerprint density at radius 2 is 1.43 bits per heavy atom. The van der Waals surface area contributed by atoms with Crippen molar-refractivity contribution in [1.29, 1.82) is 0 Å². The second kappa shape index (κ2) is 4.31. The molecule has 4 N–H and O–H groups in total. The number of hydrogen-bond donors (Lipinski definition) is 4. The largest absolute Gasteiger partial charge is 0.369 e. The van der Waals surface area contributed by atoms with Crippen molar-refractivity contribution >= 4 is 11.6 Å². The van der Waals surface area contributed by atoms with Gasteiger partial charge in [0, 0.05) is 13.1 Å². The Labute approximate surface area is 81.2 Å². The molecule has 0 aromatic carbocycles. The Hall–Kier alpha value is -1.98. The summed E-state index contributed by atoms with van der Waals surface area (Å²) in [4.78, 5) is 13.7. The van der Waals surface area contributed by atoms with Gasteiger partial charge in [-0.15, -0.1) is 0 Å². The number of aromatic amines is 2. The maximum absolute atomic E-state index is 3.90. The average Bonchev–Trinajstić information content (AvgIpc) is 2.86. The van der Waals surface area contributed by atoms with Crippen LogP contribution in [0, 0.1) is 0 Å². The first-order chi connectivity index (χ1) is 6.95. The van der Waals surface area contributed by atoms with E-state index in [1.165, 1.54) is 0 Å². The van der Waals surface area contributed by atoms with Crippen LogP contribution < -0.4 is 10.6 Å². The number of H-pyrrole nitrogens is 2. The summed E-state index contributed by atoms with van der Waals surface area (Å²) in [6, 6.07) is 0. The zero-order chi connectivity index (χ0) is 9.64. The molecule has 0 aliphatic carbocycles. The van der Waals surface area contributed by atoms with Gasteiger partial charge >= 0.3 is 0 Å². The van der Waals surface area contributed by atoms with Crippen LogP contribution >= 0.6 is 0 Å². The molecule has 2 rings (SSSR count). The van der Waals surface area contributed by atoms with E-state index in [0.717, 1.165) is 24.7 Å². The van der Waals surface area contributed by atoms with Crippen molar-refractivity contribution in [3.05, 3.63) is 25.0 Å². The molecule has 0 spiro atoms. The van der Waals surface area contributed by atoms with Gasteiger partial charge in [-0.05, 0) is 0 Å². The summed E-state index contributed by atoms with van der Waals surface area (Å²) in [5.74, 6) is 1.85. The first-order valence-corrected chi connectivity index (χ1v) is 4.39. The van der Waals surface area contributed by atoms with E-state index in [9.17, 15) is 0 Å². The minimum absolute atomic E-state index is 0.821. The molecule has 2 aromatic heterocycles. The number of imidazole rings is 2. The second-order valence-electron chi connectivity index (χ2n) is 2.78. The standard InChI is InChI=1S/C8H12N6/c1(11-7-3-9-5-13-7)2-12-8-4-10-6-14-8/h3-6,11-12H,1-2H2,(H,9,13)(H,10,14). The third-order valence-corrected chi connectivity index (χ3v) is 1.75. The number of nitrogens with one attached hydrogen (secondary N) is 4. The van der Waals surface area contributed by atoms with Crippen LogP contribution in [0.15, 0.2) is 25.0 Å². The Bertz CT molecular complexity index is 302. The minimum atomic E-state index is 0.821. The van der Waals surface area contributed by atoms with Gasteiger partial charge < -0.3 is 20.6 Å². The van der Waals surface area contributed by atoms with Gasteiger partial charge in [-0.2, -0.15) is 0 Å². The molecular weight excluding hydrogens is 180 g/mol. The molecule has 0 amide bonds. The SMILES string of the molecule is c1ncc(NCCNc2cnc[nH]2)[nH]1. The van der Waals surface area contributed by atoms with E-state index in [4.69, 9.17) is 0 Å². The van der Waals surface area contributed by atoms with E-state index in [1.807, 2.05) is 0 Å². The molecule has 0 fully saturated rings. The van der Waals surface area contributed by atoms with E-state index < -0.39 is 0 Å². The van der Waals surface area contributed by atoms with Gasteiger partial charge in [-0.1, -0.05) is 0 Å². The zero-order valence-electron chi connectivity index (χ0n) is 7.62. The van der Waals surface area contributed by atoms with Gasteiger partial charge in [0.2, 0.25) is 0 Å². The fourth-order valence-electron chi connectivity index (χ4n) is 1.10.